The van der Waals surface area contributed by atoms with Crippen LogP contribution < -0.4 is 5.73 Å². The maximum atomic E-state index is 6.30. The van der Waals surface area contributed by atoms with E-state index in [1.165, 1.54) is 38.5 Å². The third-order valence-electron chi connectivity index (χ3n) is 4.55. The minimum Gasteiger partial charge on any atom is -0.327 e. The first-order valence-electron chi connectivity index (χ1n) is 6.42. The van der Waals surface area contributed by atoms with Gasteiger partial charge < -0.3 is 5.73 Å². The van der Waals surface area contributed by atoms with E-state index in [1.54, 1.807) is 0 Å². The van der Waals surface area contributed by atoms with Gasteiger partial charge in [-0.1, -0.05) is 33.1 Å². The Hall–Kier alpha value is -0.0400. The van der Waals surface area contributed by atoms with Crippen LogP contribution in [0.1, 0.15) is 52.4 Å². The summed E-state index contributed by atoms with van der Waals surface area (Å²) < 4.78 is 0. The lowest BCUT2D eigenvalue weighted by Crippen LogP contribution is -2.35. The molecule has 1 nitrogen and oxygen atoms in total. The minimum atomic E-state index is 0.512. The van der Waals surface area contributed by atoms with E-state index >= 15 is 0 Å². The molecule has 2 rings (SSSR count). The van der Waals surface area contributed by atoms with Gasteiger partial charge in [-0.05, 0) is 42.9 Å². The normalized spacial score (nSPS) is 40.9. The van der Waals surface area contributed by atoms with Crippen LogP contribution in [0.4, 0.5) is 0 Å². The van der Waals surface area contributed by atoms with E-state index in [1.807, 2.05) is 0 Å². The van der Waals surface area contributed by atoms with Crippen molar-refractivity contribution in [3.8, 4) is 0 Å². The Morgan fingerprint density at radius 1 is 1.07 bits per heavy atom. The van der Waals surface area contributed by atoms with Crippen LogP contribution in [-0.2, 0) is 0 Å². The third kappa shape index (κ3) is 2.50. The maximum absolute atomic E-state index is 6.30. The van der Waals surface area contributed by atoms with Crippen LogP contribution >= 0.6 is 0 Å². The zero-order valence-corrected chi connectivity index (χ0v) is 9.71. The van der Waals surface area contributed by atoms with Crippen LogP contribution in [0.2, 0.25) is 0 Å². The number of hydrogen-bond acceptors (Lipinski definition) is 1. The molecule has 0 aromatic rings. The molecule has 1 heteroatoms. The molecule has 2 aliphatic rings. The lowest BCUT2D eigenvalue weighted by atomic mass is 9.72. The quantitative estimate of drug-likeness (QED) is 0.735. The van der Waals surface area contributed by atoms with Crippen molar-refractivity contribution in [3.05, 3.63) is 0 Å². The lowest BCUT2D eigenvalue weighted by Gasteiger charge is -2.35. The highest BCUT2D eigenvalue weighted by atomic mass is 14.7. The predicted octanol–water partition coefficient (Wildman–Crippen LogP) is 3.19. The molecular weight excluding hydrogens is 170 g/mol. The molecule has 0 amide bonds. The van der Waals surface area contributed by atoms with Crippen LogP contribution in [0.25, 0.3) is 0 Å². The summed E-state index contributed by atoms with van der Waals surface area (Å²) >= 11 is 0. The van der Waals surface area contributed by atoms with Crippen molar-refractivity contribution >= 4 is 0 Å². The summed E-state index contributed by atoms with van der Waals surface area (Å²) in [4.78, 5) is 0. The van der Waals surface area contributed by atoms with Crippen molar-refractivity contribution in [2.75, 3.05) is 0 Å². The second-order valence-corrected chi connectivity index (χ2v) is 5.87. The second kappa shape index (κ2) is 4.22. The Labute approximate surface area is 88.4 Å². The van der Waals surface area contributed by atoms with E-state index in [2.05, 4.69) is 13.8 Å². The Morgan fingerprint density at radius 3 is 2.36 bits per heavy atom. The van der Waals surface area contributed by atoms with Crippen LogP contribution in [0.3, 0.4) is 0 Å². The zero-order valence-electron chi connectivity index (χ0n) is 9.71. The molecule has 2 saturated carbocycles. The Balaban J connectivity index is 1.78. The lowest BCUT2D eigenvalue weighted by molar-refractivity contribution is 0.179. The molecule has 0 spiro atoms. The van der Waals surface area contributed by atoms with Crippen molar-refractivity contribution in [1.82, 2.24) is 0 Å². The van der Waals surface area contributed by atoms with Gasteiger partial charge in [0.05, 0.1) is 0 Å². The first kappa shape index (κ1) is 10.5. The van der Waals surface area contributed by atoms with E-state index in [0.29, 0.717) is 6.04 Å². The SMILES string of the molecule is CC1CCC(C(N)CC2CC2)CC1C. The average Bonchev–Trinajstić information content (AvgIpc) is 2.93. The van der Waals surface area contributed by atoms with Gasteiger partial charge in [-0.3, -0.25) is 0 Å². The fourth-order valence-electron chi connectivity index (χ4n) is 2.91. The zero-order chi connectivity index (χ0) is 10.1. The molecule has 0 saturated heterocycles. The summed E-state index contributed by atoms with van der Waals surface area (Å²) in [6.45, 7) is 4.80. The van der Waals surface area contributed by atoms with Gasteiger partial charge >= 0.3 is 0 Å². The molecule has 0 heterocycles. The summed E-state index contributed by atoms with van der Waals surface area (Å²) in [6, 6.07) is 0.512. The third-order valence-corrected chi connectivity index (χ3v) is 4.55. The monoisotopic (exact) mass is 195 g/mol. The molecule has 4 unspecified atom stereocenters. The number of hydrogen-bond donors (Lipinski definition) is 1. The number of nitrogens with two attached hydrogens (primary N) is 1. The van der Waals surface area contributed by atoms with E-state index in [9.17, 15) is 0 Å². The van der Waals surface area contributed by atoms with Gasteiger partial charge in [0.2, 0.25) is 0 Å². The first-order chi connectivity index (χ1) is 6.66. The maximum Gasteiger partial charge on any atom is 0.00699 e. The topological polar surface area (TPSA) is 26.0 Å². The standard InChI is InChI=1S/C13H25N/c1-9-3-6-12(7-10(9)2)13(14)8-11-4-5-11/h9-13H,3-8,14H2,1-2H3. The van der Waals surface area contributed by atoms with Crippen LogP contribution in [0.15, 0.2) is 0 Å². The summed E-state index contributed by atoms with van der Waals surface area (Å²) in [5.74, 6) is 3.67. The molecule has 0 radical (unpaired) electrons. The fourth-order valence-corrected chi connectivity index (χ4v) is 2.91. The van der Waals surface area contributed by atoms with Gasteiger partial charge in [0.1, 0.15) is 0 Å². The van der Waals surface area contributed by atoms with Gasteiger partial charge in [0, 0.05) is 6.04 Å². The summed E-state index contributed by atoms with van der Waals surface area (Å²) in [7, 11) is 0. The molecule has 2 N–H and O–H groups in total. The molecule has 82 valence electrons. The van der Waals surface area contributed by atoms with E-state index in [4.69, 9.17) is 5.73 Å². The molecule has 2 fully saturated rings. The molecular formula is C13H25N. The number of rotatable bonds is 3. The van der Waals surface area contributed by atoms with E-state index < -0.39 is 0 Å². The van der Waals surface area contributed by atoms with Crippen LogP contribution in [0, 0.1) is 23.7 Å². The molecule has 0 aromatic carbocycles. The van der Waals surface area contributed by atoms with Gasteiger partial charge in [0.25, 0.3) is 0 Å². The Morgan fingerprint density at radius 2 is 1.79 bits per heavy atom. The Bertz CT molecular complexity index is 186. The van der Waals surface area contributed by atoms with Crippen LogP contribution in [0.5, 0.6) is 0 Å². The molecule has 2 aliphatic carbocycles. The van der Waals surface area contributed by atoms with Crippen molar-refractivity contribution in [1.29, 1.82) is 0 Å². The molecule has 14 heavy (non-hydrogen) atoms. The summed E-state index contributed by atoms with van der Waals surface area (Å²) in [5.41, 5.74) is 6.30. The predicted molar refractivity (Wildman–Crippen MR) is 61.0 cm³/mol. The highest BCUT2D eigenvalue weighted by Gasteiger charge is 2.32. The molecule has 0 aliphatic heterocycles. The highest BCUT2D eigenvalue weighted by molar-refractivity contribution is 4.86. The molecule has 4 atom stereocenters. The Kier molecular flexibility index (Phi) is 3.16. The average molecular weight is 195 g/mol. The largest absolute Gasteiger partial charge is 0.327 e. The van der Waals surface area contributed by atoms with Gasteiger partial charge in [-0.2, -0.15) is 0 Å². The second-order valence-electron chi connectivity index (χ2n) is 5.87. The van der Waals surface area contributed by atoms with Crippen molar-refractivity contribution < 1.29 is 0 Å². The molecule has 0 aromatic heterocycles. The summed E-state index contributed by atoms with van der Waals surface area (Å²) in [5, 5.41) is 0. The fraction of sp³-hybridized carbons (Fsp3) is 1.00. The van der Waals surface area contributed by atoms with E-state index in [0.717, 1.165) is 23.7 Å². The summed E-state index contributed by atoms with van der Waals surface area (Å²) in [6.07, 6.45) is 8.39. The minimum absolute atomic E-state index is 0.512. The van der Waals surface area contributed by atoms with Gasteiger partial charge in [-0.25, -0.2) is 0 Å². The van der Waals surface area contributed by atoms with Crippen molar-refractivity contribution in [3.63, 3.8) is 0 Å². The highest BCUT2D eigenvalue weighted by Crippen LogP contribution is 2.39. The molecule has 0 bridgehead atoms. The smallest absolute Gasteiger partial charge is 0.00699 e. The van der Waals surface area contributed by atoms with E-state index in [-0.39, 0.29) is 0 Å². The first-order valence-corrected chi connectivity index (χ1v) is 6.42. The van der Waals surface area contributed by atoms with Crippen LogP contribution in [-0.4, -0.2) is 6.04 Å². The van der Waals surface area contributed by atoms with Crippen molar-refractivity contribution in [2.24, 2.45) is 29.4 Å². The van der Waals surface area contributed by atoms with Gasteiger partial charge in [0.15, 0.2) is 0 Å². The van der Waals surface area contributed by atoms with Crippen molar-refractivity contribution in [2.45, 2.75) is 58.4 Å². The van der Waals surface area contributed by atoms with Gasteiger partial charge in [-0.15, -0.1) is 0 Å².